The van der Waals surface area contributed by atoms with Crippen LogP contribution < -0.4 is 17.0 Å². The maximum Gasteiger partial charge on any atom is 0.198 e. The third-order valence-electron chi connectivity index (χ3n) is 5.02. The van der Waals surface area contributed by atoms with Crippen LogP contribution in [-0.2, 0) is 8.87 Å². The Morgan fingerprint density at radius 1 is 0.571 bits per heavy atom. The summed E-state index contributed by atoms with van der Waals surface area (Å²) >= 11 is 0. The molecule has 172 valence electrons. The fraction of sp³-hybridized carbons (Fsp3) is 1.00. The van der Waals surface area contributed by atoms with Crippen molar-refractivity contribution in [3.63, 3.8) is 0 Å². The molecule has 0 heterocycles. The molecule has 0 spiro atoms. The quantitative estimate of drug-likeness (QED) is 0.145. The average molecular weight is 503 g/mol. The first-order chi connectivity index (χ1) is 12.7. The lowest BCUT2D eigenvalue weighted by Gasteiger charge is -2.23. The molecule has 0 radical (unpaired) electrons. The maximum atomic E-state index is 11.0. The summed E-state index contributed by atoms with van der Waals surface area (Å²) in [5.74, 6) is 0.759. The van der Waals surface area contributed by atoms with E-state index in [-0.39, 0.29) is 17.0 Å². The van der Waals surface area contributed by atoms with E-state index in [0.717, 1.165) is 27.5 Å². The molecular formula is C22H48BrNO2S2. The van der Waals surface area contributed by atoms with E-state index >= 15 is 0 Å². The molecule has 3 nitrogen and oxygen atoms in total. The SMILES string of the molecule is C[N+](C)(C)CCCCCCCCCCCCCCCCCCSS(C)(=O)=O.[Br-]. The number of nitrogens with zero attached hydrogens (tertiary/aromatic N) is 1. The van der Waals surface area contributed by atoms with Crippen molar-refractivity contribution in [2.24, 2.45) is 0 Å². The zero-order valence-electron chi connectivity index (χ0n) is 19.2. The van der Waals surface area contributed by atoms with E-state index in [1.165, 1.54) is 109 Å². The van der Waals surface area contributed by atoms with Crippen LogP contribution in [0.15, 0.2) is 0 Å². The van der Waals surface area contributed by atoms with Gasteiger partial charge in [-0.3, -0.25) is 0 Å². The van der Waals surface area contributed by atoms with Crippen molar-refractivity contribution in [3.05, 3.63) is 0 Å². The average Bonchev–Trinajstić information content (AvgIpc) is 2.55. The van der Waals surface area contributed by atoms with Crippen LogP contribution in [0.2, 0.25) is 0 Å². The molecule has 6 heteroatoms. The molecule has 0 saturated carbocycles. The number of quaternary nitrogens is 1. The molecule has 0 aliphatic carbocycles. The van der Waals surface area contributed by atoms with Gasteiger partial charge in [0.1, 0.15) is 0 Å². The van der Waals surface area contributed by atoms with E-state index in [4.69, 9.17) is 0 Å². The number of hydrogen-bond donors (Lipinski definition) is 0. The zero-order chi connectivity index (χ0) is 20.4. The molecule has 0 aliphatic heterocycles. The van der Waals surface area contributed by atoms with Gasteiger partial charge in [0.15, 0.2) is 8.87 Å². The Morgan fingerprint density at radius 2 is 0.857 bits per heavy atom. The van der Waals surface area contributed by atoms with Crippen molar-refractivity contribution in [3.8, 4) is 0 Å². The normalized spacial score (nSPS) is 12.1. The van der Waals surface area contributed by atoms with Crippen molar-refractivity contribution in [1.29, 1.82) is 0 Å². The lowest BCUT2D eigenvalue weighted by atomic mass is 10.0. The molecule has 0 atom stereocenters. The van der Waals surface area contributed by atoms with Crippen LogP contribution in [0.25, 0.3) is 0 Å². The van der Waals surface area contributed by atoms with E-state index in [2.05, 4.69) is 21.1 Å². The van der Waals surface area contributed by atoms with Crippen molar-refractivity contribution >= 4 is 19.7 Å². The van der Waals surface area contributed by atoms with Gasteiger partial charge in [0.25, 0.3) is 0 Å². The van der Waals surface area contributed by atoms with Gasteiger partial charge in [0.05, 0.1) is 27.7 Å². The molecule has 0 aliphatic rings. The predicted molar refractivity (Wildman–Crippen MR) is 124 cm³/mol. The first kappa shape index (κ1) is 30.9. The van der Waals surface area contributed by atoms with Gasteiger partial charge >= 0.3 is 0 Å². The van der Waals surface area contributed by atoms with Crippen molar-refractivity contribution in [2.75, 3.05) is 39.7 Å². The molecule has 0 N–H and O–H groups in total. The van der Waals surface area contributed by atoms with E-state index in [1.807, 2.05) is 0 Å². The van der Waals surface area contributed by atoms with E-state index in [0.29, 0.717) is 0 Å². The second-order valence-corrected chi connectivity index (χ2v) is 13.8. The first-order valence-electron chi connectivity index (χ1n) is 11.4. The highest BCUT2D eigenvalue weighted by Gasteiger charge is 2.05. The molecule has 28 heavy (non-hydrogen) atoms. The minimum atomic E-state index is -2.83. The van der Waals surface area contributed by atoms with Gasteiger partial charge in [-0.25, -0.2) is 8.42 Å². The van der Waals surface area contributed by atoms with Gasteiger partial charge in [-0.2, -0.15) is 0 Å². The van der Waals surface area contributed by atoms with Gasteiger partial charge in [-0.15, -0.1) is 0 Å². The third-order valence-corrected chi connectivity index (χ3v) is 7.69. The Labute approximate surface area is 191 Å². The van der Waals surface area contributed by atoms with Crippen LogP contribution in [0.1, 0.15) is 103 Å². The minimum absolute atomic E-state index is 0. The van der Waals surface area contributed by atoms with Crippen LogP contribution >= 0.6 is 10.8 Å². The van der Waals surface area contributed by atoms with Crippen LogP contribution in [0.5, 0.6) is 0 Å². The maximum absolute atomic E-state index is 11.0. The van der Waals surface area contributed by atoms with Gasteiger partial charge in [-0.05, 0) is 30.1 Å². The zero-order valence-corrected chi connectivity index (χ0v) is 22.4. The highest BCUT2D eigenvalue weighted by atomic mass is 79.9. The fourth-order valence-electron chi connectivity index (χ4n) is 3.37. The van der Waals surface area contributed by atoms with Gasteiger partial charge in [0.2, 0.25) is 0 Å². The molecule has 0 aromatic rings. The summed E-state index contributed by atoms with van der Waals surface area (Å²) in [4.78, 5) is 0. The minimum Gasteiger partial charge on any atom is -1.00 e. The van der Waals surface area contributed by atoms with Gasteiger partial charge in [0, 0.05) is 12.0 Å². The molecule has 0 amide bonds. The second-order valence-electron chi connectivity index (χ2n) is 9.20. The molecule has 0 aromatic heterocycles. The lowest BCUT2D eigenvalue weighted by Crippen LogP contribution is -3.00. The Bertz CT molecular complexity index is 423. The van der Waals surface area contributed by atoms with Crippen LogP contribution in [0.4, 0.5) is 0 Å². The molecular weight excluding hydrogens is 454 g/mol. The highest BCUT2D eigenvalue weighted by Crippen LogP contribution is 2.16. The summed E-state index contributed by atoms with van der Waals surface area (Å²) in [5.41, 5.74) is 0. The fourth-order valence-corrected chi connectivity index (χ4v) is 5.26. The predicted octanol–water partition coefficient (Wildman–Crippen LogP) is 3.63. The Kier molecular flexibility index (Phi) is 21.7. The van der Waals surface area contributed by atoms with Crippen LogP contribution in [-0.4, -0.2) is 52.6 Å². The monoisotopic (exact) mass is 501 g/mol. The highest BCUT2D eigenvalue weighted by molar-refractivity contribution is 8.71. The van der Waals surface area contributed by atoms with Crippen molar-refractivity contribution in [1.82, 2.24) is 0 Å². The second kappa shape index (κ2) is 19.7. The Morgan fingerprint density at radius 3 is 1.14 bits per heavy atom. The van der Waals surface area contributed by atoms with E-state index < -0.39 is 8.87 Å². The third kappa shape index (κ3) is 28.9. The summed E-state index contributed by atoms with van der Waals surface area (Å²) in [6.45, 7) is 1.31. The Hall–Kier alpha value is 0.740. The Balaban J connectivity index is 0. The van der Waals surface area contributed by atoms with Crippen molar-refractivity contribution in [2.45, 2.75) is 103 Å². The first-order valence-corrected chi connectivity index (χ1v) is 14.7. The van der Waals surface area contributed by atoms with Gasteiger partial charge < -0.3 is 21.5 Å². The number of unbranched alkanes of at least 4 members (excludes halogenated alkanes) is 15. The standard InChI is InChI=1S/C22H48NO2S2.BrH/c1-23(2,3)21-19-17-15-13-11-9-7-5-6-8-10-12-14-16-18-20-22-26-27(4,24)25;/h5-22H2,1-4H3;1H/q+1;/p-1. The van der Waals surface area contributed by atoms with Crippen LogP contribution in [0.3, 0.4) is 0 Å². The molecule has 0 saturated heterocycles. The van der Waals surface area contributed by atoms with Crippen LogP contribution in [0, 0.1) is 0 Å². The summed E-state index contributed by atoms with van der Waals surface area (Å²) in [6.07, 6.45) is 23.0. The summed E-state index contributed by atoms with van der Waals surface area (Å²) < 4.78 is 23.1. The topological polar surface area (TPSA) is 34.1 Å². The van der Waals surface area contributed by atoms with Gasteiger partial charge in [-0.1, -0.05) is 83.5 Å². The lowest BCUT2D eigenvalue weighted by molar-refractivity contribution is -0.870. The number of halogens is 1. The smallest absolute Gasteiger partial charge is 0.198 e. The van der Waals surface area contributed by atoms with Crippen molar-refractivity contribution < 1.29 is 29.9 Å². The summed E-state index contributed by atoms with van der Waals surface area (Å²) in [7, 11) is 5.10. The van der Waals surface area contributed by atoms with E-state index in [9.17, 15) is 8.42 Å². The largest absolute Gasteiger partial charge is 1.00 e. The molecule has 0 fully saturated rings. The molecule has 0 unspecified atom stereocenters. The molecule has 0 rings (SSSR count). The summed E-state index contributed by atoms with van der Waals surface area (Å²) in [5, 5.41) is 0. The number of rotatable bonds is 20. The summed E-state index contributed by atoms with van der Waals surface area (Å²) in [6, 6.07) is 0. The molecule has 0 aromatic carbocycles. The molecule has 0 bridgehead atoms. The van der Waals surface area contributed by atoms with E-state index in [1.54, 1.807) is 0 Å². The number of hydrogen-bond acceptors (Lipinski definition) is 3.